The van der Waals surface area contributed by atoms with Crippen molar-refractivity contribution in [3.63, 3.8) is 0 Å². The molecule has 3 heterocycles. The molecule has 0 spiro atoms. The number of fused-ring (bicyclic) bond motifs is 1. The zero-order chi connectivity index (χ0) is 19.5. The molecule has 1 aromatic carbocycles. The lowest BCUT2D eigenvalue weighted by molar-refractivity contribution is -0.126. The second-order valence-corrected chi connectivity index (χ2v) is 7.68. The molecule has 4 rings (SSSR count). The number of furan rings is 1. The predicted octanol–water partition coefficient (Wildman–Crippen LogP) is 4.24. The van der Waals surface area contributed by atoms with Gasteiger partial charge in [-0.25, -0.2) is 4.98 Å². The van der Waals surface area contributed by atoms with Gasteiger partial charge in [-0.2, -0.15) is 0 Å². The van der Waals surface area contributed by atoms with Crippen LogP contribution in [0.1, 0.15) is 26.7 Å². The van der Waals surface area contributed by atoms with Crippen LogP contribution in [-0.2, 0) is 17.8 Å². The Labute approximate surface area is 170 Å². The summed E-state index contributed by atoms with van der Waals surface area (Å²) >= 11 is 7.49. The van der Waals surface area contributed by atoms with Crippen LogP contribution in [-0.4, -0.2) is 28.2 Å². The van der Waals surface area contributed by atoms with Crippen molar-refractivity contribution in [2.75, 3.05) is 11.9 Å². The number of carbonyl (C=O) groups excluding carboxylic acids is 2. The third kappa shape index (κ3) is 4.00. The molecule has 0 radical (unpaired) electrons. The van der Waals surface area contributed by atoms with Crippen LogP contribution in [0, 0.1) is 0 Å². The molecule has 2 aromatic heterocycles. The van der Waals surface area contributed by atoms with Crippen molar-refractivity contribution in [1.82, 2.24) is 9.88 Å². The van der Waals surface area contributed by atoms with Crippen molar-refractivity contribution >= 4 is 46.0 Å². The van der Waals surface area contributed by atoms with Crippen LogP contribution in [0.3, 0.4) is 0 Å². The zero-order valence-electron chi connectivity index (χ0n) is 14.7. The molecule has 0 aliphatic carbocycles. The highest BCUT2D eigenvalue weighted by Crippen LogP contribution is 2.29. The van der Waals surface area contributed by atoms with Crippen molar-refractivity contribution in [3.05, 3.63) is 75.7 Å². The molecule has 0 unspecified atom stereocenters. The van der Waals surface area contributed by atoms with E-state index in [-0.39, 0.29) is 17.6 Å². The van der Waals surface area contributed by atoms with E-state index < -0.39 is 0 Å². The molecule has 0 bridgehead atoms. The van der Waals surface area contributed by atoms with E-state index in [1.807, 2.05) is 18.2 Å². The summed E-state index contributed by atoms with van der Waals surface area (Å²) in [6.07, 6.45) is 5.35. The van der Waals surface area contributed by atoms with Crippen LogP contribution in [0.2, 0.25) is 5.02 Å². The van der Waals surface area contributed by atoms with Gasteiger partial charge in [0.05, 0.1) is 18.5 Å². The summed E-state index contributed by atoms with van der Waals surface area (Å²) < 4.78 is 5.08. The van der Waals surface area contributed by atoms with E-state index in [0.717, 1.165) is 16.1 Å². The van der Waals surface area contributed by atoms with Crippen LogP contribution in [0.5, 0.6) is 0 Å². The van der Waals surface area contributed by atoms with E-state index in [1.54, 1.807) is 29.2 Å². The number of hydrogen-bond donors (Lipinski definition) is 1. The molecule has 2 amide bonds. The fraction of sp³-hybridized carbons (Fsp3) is 0.150. The SMILES string of the molecule is O=C(Nc1nc2c(s1)CN(C(=O)C=Cc1ccccc1Cl)CC2)c1ccco1. The Balaban J connectivity index is 1.42. The van der Waals surface area contributed by atoms with Crippen LogP contribution < -0.4 is 5.32 Å². The van der Waals surface area contributed by atoms with Gasteiger partial charge in [-0.05, 0) is 29.8 Å². The highest BCUT2D eigenvalue weighted by atomic mass is 35.5. The molecular formula is C20H16ClN3O3S. The Morgan fingerprint density at radius 3 is 2.89 bits per heavy atom. The molecule has 0 saturated carbocycles. The van der Waals surface area contributed by atoms with Gasteiger partial charge in [0.1, 0.15) is 0 Å². The maximum atomic E-state index is 12.5. The number of anilines is 1. The second kappa shape index (κ2) is 8.00. The van der Waals surface area contributed by atoms with Gasteiger partial charge in [-0.1, -0.05) is 41.1 Å². The molecular weight excluding hydrogens is 398 g/mol. The summed E-state index contributed by atoms with van der Waals surface area (Å²) in [7, 11) is 0. The third-order valence-corrected chi connectivity index (χ3v) is 5.66. The molecule has 1 aliphatic heterocycles. The first-order valence-electron chi connectivity index (χ1n) is 8.65. The molecule has 6 nitrogen and oxygen atoms in total. The minimum atomic E-state index is -0.341. The second-order valence-electron chi connectivity index (χ2n) is 6.18. The van der Waals surface area contributed by atoms with Crippen molar-refractivity contribution < 1.29 is 14.0 Å². The molecule has 1 aliphatic rings. The number of rotatable bonds is 4. The highest BCUT2D eigenvalue weighted by Gasteiger charge is 2.24. The average Bonchev–Trinajstić information content (AvgIpc) is 3.36. The lowest BCUT2D eigenvalue weighted by Crippen LogP contribution is -2.34. The minimum absolute atomic E-state index is 0.0832. The number of carbonyl (C=O) groups is 2. The van der Waals surface area contributed by atoms with E-state index in [4.69, 9.17) is 16.0 Å². The number of thiazole rings is 1. The summed E-state index contributed by atoms with van der Waals surface area (Å²) in [6, 6.07) is 10.6. The predicted molar refractivity (Wildman–Crippen MR) is 108 cm³/mol. The van der Waals surface area contributed by atoms with Crippen LogP contribution in [0.4, 0.5) is 5.13 Å². The Bertz CT molecular complexity index is 1040. The van der Waals surface area contributed by atoms with Crippen molar-refractivity contribution in [1.29, 1.82) is 0 Å². The molecule has 8 heteroatoms. The molecule has 0 fully saturated rings. The maximum Gasteiger partial charge on any atom is 0.293 e. The van der Waals surface area contributed by atoms with Gasteiger partial charge in [0.25, 0.3) is 5.91 Å². The summed E-state index contributed by atoms with van der Waals surface area (Å²) in [5, 5.41) is 3.85. The average molecular weight is 414 g/mol. The summed E-state index contributed by atoms with van der Waals surface area (Å²) in [5.41, 5.74) is 1.72. The van der Waals surface area contributed by atoms with Gasteiger partial charge < -0.3 is 9.32 Å². The Kier molecular flexibility index (Phi) is 5.27. The summed E-state index contributed by atoms with van der Waals surface area (Å²) in [5.74, 6) is -0.193. The van der Waals surface area contributed by atoms with Crippen molar-refractivity contribution in [3.8, 4) is 0 Å². The van der Waals surface area contributed by atoms with Crippen molar-refractivity contribution in [2.45, 2.75) is 13.0 Å². The first-order valence-corrected chi connectivity index (χ1v) is 9.84. The van der Waals surface area contributed by atoms with Crippen LogP contribution in [0.15, 0.2) is 53.2 Å². The largest absolute Gasteiger partial charge is 0.459 e. The highest BCUT2D eigenvalue weighted by molar-refractivity contribution is 7.15. The van der Waals surface area contributed by atoms with E-state index in [2.05, 4.69) is 10.3 Å². The third-order valence-electron chi connectivity index (χ3n) is 4.32. The van der Waals surface area contributed by atoms with Crippen molar-refractivity contribution in [2.24, 2.45) is 0 Å². The lowest BCUT2D eigenvalue weighted by Gasteiger charge is -2.24. The molecule has 3 aromatic rings. The number of nitrogens with one attached hydrogen (secondary N) is 1. The maximum absolute atomic E-state index is 12.5. The molecule has 28 heavy (non-hydrogen) atoms. The van der Waals surface area contributed by atoms with Gasteiger partial charge in [0.15, 0.2) is 10.9 Å². The van der Waals surface area contributed by atoms with Gasteiger partial charge in [0, 0.05) is 28.9 Å². The zero-order valence-corrected chi connectivity index (χ0v) is 16.3. The number of aromatic nitrogens is 1. The molecule has 1 N–H and O–H groups in total. The first-order chi connectivity index (χ1) is 13.6. The van der Waals surface area contributed by atoms with Crippen LogP contribution >= 0.6 is 22.9 Å². The molecule has 142 valence electrons. The van der Waals surface area contributed by atoms with E-state index in [1.165, 1.54) is 23.7 Å². The molecule has 0 saturated heterocycles. The van der Waals surface area contributed by atoms with Gasteiger partial charge in [-0.3, -0.25) is 14.9 Å². The van der Waals surface area contributed by atoms with E-state index in [9.17, 15) is 9.59 Å². The standard InChI is InChI=1S/C20H16ClN3O3S/c21-14-5-2-1-4-13(14)7-8-18(25)24-10-9-15-17(12-24)28-20(22-15)23-19(26)16-6-3-11-27-16/h1-8,11H,9-10,12H2,(H,22,23,26). The molecule has 0 atom stereocenters. The van der Waals surface area contributed by atoms with Gasteiger partial charge in [-0.15, -0.1) is 0 Å². The monoisotopic (exact) mass is 413 g/mol. The topological polar surface area (TPSA) is 75.4 Å². The number of hydrogen-bond acceptors (Lipinski definition) is 5. The Morgan fingerprint density at radius 1 is 1.25 bits per heavy atom. The van der Waals surface area contributed by atoms with E-state index in [0.29, 0.717) is 29.7 Å². The smallest absolute Gasteiger partial charge is 0.293 e. The van der Waals surface area contributed by atoms with Gasteiger partial charge >= 0.3 is 0 Å². The first kappa shape index (κ1) is 18.5. The summed E-state index contributed by atoms with van der Waals surface area (Å²) in [6.45, 7) is 1.04. The minimum Gasteiger partial charge on any atom is -0.459 e. The summed E-state index contributed by atoms with van der Waals surface area (Å²) in [4.78, 5) is 31.8. The van der Waals surface area contributed by atoms with Gasteiger partial charge in [0.2, 0.25) is 5.91 Å². The number of benzene rings is 1. The Morgan fingerprint density at radius 2 is 2.11 bits per heavy atom. The number of amides is 2. The fourth-order valence-corrected chi connectivity index (χ4v) is 4.10. The van der Waals surface area contributed by atoms with E-state index >= 15 is 0 Å². The Hall–Kier alpha value is -2.90. The number of nitrogens with zero attached hydrogens (tertiary/aromatic N) is 2. The lowest BCUT2D eigenvalue weighted by atomic mass is 10.1. The quantitative estimate of drug-likeness (QED) is 0.649. The fourth-order valence-electron chi connectivity index (χ4n) is 2.88. The normalized spacial score (nSPS) is 13.5. The number of halogens is 1. The van der Waals surface area contributed by atoms with Crippen LogP contribution in [0.25, 0.3) is 6.08 Å².